The molecule has 0 radical (unpaired) electrons. The van der Waals surface area contributed by atoms with Gasteiger partial charge in [0.15, 0.2) is 11.6 Å². The summed E-state index contributed by atoms with van der Waals surface area (Å²) in [6.45, 7) is 0.669. The Morgan fingerprint density at radius 3 is 2.60 bits per heavy atom. The third kappa shape index (κ3) is 3.43. The molecule has 0 amide bonds. The van der Waals surface area contributed by atoms with Gasteiger partial charge >= 0.3 is 0 Å². The van der Waals surface area contributed by atoms with Gasteiger partial charge in [0.05, 0.1) is 11.9 Å². The van der Waals surface area contributed by atoms with Crippen LogP contribution in [0.3, 0.4) is 0 Å². The van der Waals surface area contributed by atoms with Gasteiger partial charge in [-0.15, -0.1) is 0 Å². The number of aromatic amines is 2. The summed E-state index contributed by atoms with van der Waals surface area (Å²) < 4.78 is 1.02. The Balaban J connectivity index is 1.55. The van der Waals surface area contributed by atoms with Crippen molar-refractivity contribution in [3.05, 3.63) is 65.0 Å². The first-order chi connectivity index (χ1) is 12.3. The van der Waals surface area contributed by atoms with Crippen LogP contribution >= 0.6 is 15.9 Å². The van der Waals surface area contributed by atoms with Crippen LogP contribution in [0.15, 0.2) is 59.5 Å². The van der Waals surface area contributed by atoms with Crippen LogP contribution in [-0.2, 0) is 6.54 Å². The molecule has 0 aliphatic heterocycles. The number of hydrogen-bond donors (Lipinski definition) is 3. The zero-order valence-electron chi connectivity index (χ0n) is 13.1. The van der Waals surface area contributed by atoms with Crippen molar-refractivity contribution in [3.8, 4) is 22.9 Å². The number of rotatable bonds is 5. The summed E-state index contributed by atoms with van der Waals surface area (Å²) in [6, 6.07) is 11.8. The smallest absolute Gasteiger partial charge is 0.181 e. The van der Waals surface area contributed by atoms with Crippen molar-refractivity contribution in [2.45, 2.75) is 6.54 Å². The Labute approximate surface area is 152 Å². The SMILES string of the molecule is Brc1ccc(-c2n[nH]c(-c3[nH]ncc3NCc3ccncc3)n2)cc1. The second-order valence-corrected chi connectivity index (χ2v) is 6.30. The van der Waals surface area contributed by atoms with Crippen LogP contribution in [0.4, 0.5) is 5.69 Å². The minimum atomic E-state index is 0.632. The van der Waals surface area contributed by atoms with Crippen molar-refractivity contribution in [1.29, 1.82) is 0 Å². The molecule has 1 aromatic carbocycles. The molecule has 0 atom stereocenters. The zero-order valence-corrected chi connectivity index (χ0v) is 14.7. The first-order valence-corrected chi connectivity index (χ1v) is 8.44. The van der Waals surface area contributed by atoms with E-state index in [1.807, 2.05) is 36.4 Å². The molecule has 0 bridgehead atoms. The number of hydrogen-bond acceptors (Lipinski definition) is 5. The average Bonchev–Trinajstić information content (AvgIpc) is 3.30. The molecule has 4 rings (SSSR count). The third-order valence-corrected chi connectivity index (χ3v) is 4.22. The molecule has 3 N–H and O–H groups in total. The van der Waals surface area contributed by atoms with Crippen LogP contribution in [0.1, 0.15) is 5.56 Å². The highest BCUT2D eigenvalue weighted by Crippen LogP contribution is 2.25. The summed E-state index contributed by atoms with van der Waals surface area (Å²) in [7, 11) is 0. The fraction of sp³-hybridized carbons (Fsp3) is 0.0588. The number of nitrogens with zero attached hydrogens (tertiary/aromatic N) is 4. The highest BCUT2D eigenvalue weighted by molar-refractivity contribution is 9.10. The summed E-state index contributed by atoms with van der Waals surface area (Å²) in [5.41, 5.74) is 3.70. The van der Waals surface area contributed by atoms with Gasteiger partial charge in [-0.1, -0.05) is 28.1 Å². The standard InChI is InChI=1S/C17H14BrN7/c18-13-3-1-12(2-4-13)16-22-17(25-24-16)15-14(10-21-23-15)20-9-11-5-7-19-8-6-11/h1-8,10,20H,9H2,(H,21,23)(H,22,24,25). The normalized spacial score (nSPS) is 10.8. The molecule has 0 saturated carbocycles. The Hall–Kier alpha value is -3.00. The molecule has 3 heterocycles. The van der Waals surface area contributed by atoms with Gasteiger partial charge in [0.1, 0.15) is 5.69 Å². The lowest BCUT2D eigenvalue weighted by molar-refractivity contribution is 1.05. The minimum absolute atomic E-state index is 0.632. The Morgan fingerprint density at radius 2 is 1.80 bits per heavy atom. The maximum atomic E-state index is 4.57. The number of pyridine rings is 1. The van der Waals surface area contributed by atoms with Gasteiger partial charge in [-0.25, -0.2) is 4.98 Å². The number of benzene rings is 1. The van der Waals surface area contributed by atoms with Gasteiger partial charge in [-0.05, 0) is 29.8 Å². The van der Waals surface area contributed by atoms with Crippen LogP contribution in [0.5, 0.6) is 0 Å². The Bertz CT molecular complexity index is 960. The second kappa shape index (κ2) is 6.86. The first kappa shape index (κ1) is 15.5. The van der Waals surface area contributed by atoms with Crippen molar-refractivity contribution in [2.75, 3.05) is 5.32 Å². The average molecular weight is 396 g/mol. The minimum Gasteiger partial charge on any atom is -0.378 e. The highest BCUT2D eigenvalue weighted by Gasteiger charge is 2.13. The van der Waals surface area contributed by atoms with Gasteiger partial charge in [0.25, 0.3) is 0 Å². The number of aromatic nitrogens is 6. The van der Waals surface area contributed by atoms with E-state index >= 15 is 0 Å². The fourth-order valence-electron chi connectivity index (χ4n) is 2.40. The second-order valence-electron chi connectivity index (χ2n) is 5.38. The fourth-order valence-corrected chi connectivity index (χ4v) is 2.66. The van der Waals surface area contributed by atoms with Gasteiger partial charge in [-0.3, -0.25) is 15.2 Å². The van der Waals surface area contributed by atoms with Crippen LogP contribution in [-0.4, -0.2) is 30.4 Å². The van der Waals surface area contributed by atoms with Gasteiger partial charge in [0.2, 0.25) is 0 Å². The summed E-state index contributed by atoms with van der Waals surface area (Å²) in [5.74, 6) is 1.27. The molecule has 3 aromatic heterocycles. The maximum absolute atomic E-state index is 4.57. The Morgan fingerprint density at radius 1 is 1.00 bits per heavy atom. The molecule has 25 heavy (non-hydrogen) atoms. The predicted molar refractivity (Wildman–Crippen MR) is 98.7 cm³/mol. The first-order valence-electron chi connectivity index (χ1n) is 7.64. The summed E-state index contributed by atoms with van der Waals surface area (Å²) in [5, 5.41) is 17.7. The molecule has 7 nitrogen and oxygen atoms in total. The molecule has 0 aliphatic carbocycles. The van der Waals surface area contributed by atoms with Gasteiger partial charge < -0.3 is 5.32 Å². The van der Waals surface area contributed by atoms with Crippen LogP contribution < -0.4 is 5.32 Å². The van der Waals surface area contributed by atoms with Crippen molar-refractivity contribution in [3.63, 3.8) is 0 Å². The molecule has 124 valence electrons. The van der Waals surface area contributed by atoms with Crippen molar-refractivity contribution < 1.29 is 0 Å². The number of nitrogens with one attached hydrogen (secondary N) is 3. The molecule has 4 aromatic rings. The van der Waals surface area contributed by atoms with Crippen LogP contribution in [0.25, 0.3) is 22.9 Å². The number of halogens is 1. The van der Waals surface area contributed by atoms with E-state index in [0.29, 0.717) is 18.2 Å². The number of H-pyrrole nitrogens is 2. The van der Waals surface area contributed by atoms with Crippen LogP contribution in [0.2, 0.25) is 0 Å². The third-order valence-electron chi connectivity index (χ3n) is 3.70. The van der Waals surface area contributed by atoms with E-state index in [0.717, 1.165) is 27.0 Å². The van der Waals surface area contributed by atoms with E-state index in [4.69, 9.17) is 0 Å². The molecule has 0 fully saturated rings. The van der Waals surface area contributed by atoms with E-state index in [2.05, 4.69) is 51.6 Å². The van der Waals surface area contributed by atoms with E-state index in [1.165, 1.54) is 0 Å². The molecule has 8 heteroatoms. The van der Waals surface area contributed by atoms with Gasteiger partial charge in [-0.2, -0.15) is 10.2 Å². The molecule has 0 spiro atoms. The molecule has 0 unspecified atom stereocenters. The summed E-state index contributed by atoms with van der Waals surface area (Å²) in [6.07, 6.45) is 5.28. The predicted octanol–water partition coefficient (Wildman–Crippen LogP) is 3.63. The monoisotopic (exact) mass is 395 g/mol. The van der Waals surface area contributed by atoms with E-state index < -0.39 is 0 Å². The summed E-state index contributed by atoms with van der Waals surface area (Å²) in [4.78, 5) is 8.59. The summed E-state index contributed by atoms with van der Waals surface area (Å²) >= 11 is 3.43. The molecule has 0 saturated heterocycles. The maximum Gasteiger partial charge on any atom is 0.181 e. The largest absolute Gasteiger partial charge is 0.378 e. The van der Waals surface area contributed by atoms with E-state index in [1.54, 1.807) is 18.6 Å². The molecular weight excluding hydrogens is 382 g/mol. The lowest BCUT2D eigenvalue weighted by Gasteiger charge is -2.05. The Kier molecular flexibility index (Phi) is 4.26. The quantitative estimate of drug-likeness (QED) is 0.479. The highest BCUT2D eigenvalue weighted by atomic mass is 79.9. The molecular formula is C17H14BrN7. The number of anilines is 1. The van der Waals surface area contributed by atoms with Crippen LogP contribution in [0, 0.1) is 0 Å². The zero-order chi connectivity index (χ0) is 17.1. The lowest BCUT2D eigenvalue weighted by atomic mass is 10.2. The van der Waals surface area contributed by atoms with Crippen molar-refractivity contribution >= 4 is 21.6 Å². The van der Waals surface area contributed by atoms with Crippen molar-refractivity contribution in [2.24, 2.45) is 0 Å². The van der Waals surface area contributed by atoms with Gasteiger partial charge in [0, 0.05) is 29.0 Å². The molecule has 0 aliphatic rings. The lowest BCUT2D eigenvalue weighted by Crippen LogP contribution is -2.00. The topological polar surface area (TPSA) is 95.2 Å². The van der Waals surface area contributed by atoms with Crippen molar-refractivity contribution in [1.82, 2.24) is 30.4 Å². The van der Waals surface area contributed by atoms with E-state index in [9.17, 15) is 0 Å². The van der Waals surface area contributed by atoms with E-state index in [-0.39, 0.29) is 0 Å².